The Hall–Kier alpha value is 0.360. The summed E-state index contributed by atoms with van der Waals surface area (Å²) >= 11 is 7.13. The van der Waals surface area contributed by atoms with Gasteiger partial charge in [-0.2, -0.15) is 0 Å². The molecule has 3 aliphatic rings. The van der Waals surface area contributed by atoms with Gasteiger partial charge in [-0.25, -0.2) is 0 Å². The highest BCUT2D eigenvalue weighted by Gasteiger charge is 2.47. The number of aliphatic hydroxyl groups is 1. The van der Waals surface area contributed by atoms with Crippen LogP contribution in [0.4, 0.5) is 0 Å². The Morgan fingerprint density at radius 3 is 1.97 bits per heavy atom. The topological polar surface area (TPSA) is 54.4 Å². The van der Waals surface area contributed by atoms with Gasteiger partial charge < -0.3 is 19.3 Å². The van der Waals surface area contributed by atoms with Crippen LogP contribution in [0.15, 0.2) is 21.1 Å². The van der Waals surface area contributed by atoms with E-state index < -0.39 is 6.10 Å². The first-order chi connectivity index (χ1) is 13.1. The summed E-state index contributed by atoms with van der Waals surface area (Å²) in [7, 11) is 0. The Bertz CT molecular complexity index is 654. The van der Waals surface area contributed by atoms with Gasteiger partial charge in [-0.15, -0.1) is 24.8 Å². The smallest absolute Gasteiger partial charge is 0.139 e. The number of rotatable bonds is 4. The highest BCUT2D eigenvalue weighted by atomic mass is 79.9. The highest BCUT2D eigenvalue weighted by Crippen LogP contribution is 2.48. The van der Waals surface area contributed by atoms with Crippen LogP contribution in [0.2, 0.25) is 0 Å². The van der Waals surface area contributed by atoms with E-state index in [0.717, 1.165) is 86.0 Å². The Kier molecular flexibility index (Phi) is 9.98. The molecule has 29 heavy (non-hydrogen) atoms. The fraction of sp³-hybridized carbons (Fsp3) is 0.684. The van der Waals surface area contributed by atoms with Crippen LogP contribution in [0.5, 0.6) is 5.75 Å². The van der Waals surface area contributed by atoms with Gasteiger partial charge in [0.2, 0.25) is 0 Å². The standard InChI is InChI=1S/C19H26Br2N2O4.2ClH/c20-14-9-15-17(16(21)10-14)27-13-19(18(15)24,11-22-1-5-25-6-2-22)12-23-3-7-26-8-4-23;;/h9-10,18,24H,1-8,11-13H2;2*1H. The van der Waals surface area contributed by atoms with E-state index in [4.69, 9.17) is 14.2 Å². The average molecular weight is 579 g/mol. The number of halogens is 4. The molecule has 2 fully saturated rings. The largest absolute Gasteiger partial charge is 0.491 e. The number of ether oxygens (including phenoxy) is 3. The van der Waals surface area contributed by atoms with Crippen molar-refractivity contribution in [1.82, 2.24) is 9.80 Å². The molecule has 1 atom stereocenters. The van der Waals surface area contributed by atoms with E-state index in [1.807, 2.05) is 12.1 Å². The second kappa shape index (κ2) is 11.3. The molecule has 6 nitrogen and oxygen atoms in total. The van der Waals surface area contributed by atoms with Gasteiger partial charge >= 0.3 is 0 Å². The van der Waals surface area contributed by atoms with Crippen molar-refractivity contribution in [2.24, 2.45) is 5.41 Å². The van der Waals surface area contributed by atoms with Crippen LogP contribution in [-0.2, 0) is 9.47 Å². The minimum Gasteiger partial charge on any atom is -0.491 e. The lowest BCUT2D eigenvalue weighted by molar-refractivity contribution is -0.0929. The van der Waals surface area contributed by atoms with Crippen LogP contribution in [0.3, 0.4) is 0 Å². The normalized spacial score (nSPS) is 24.6. The molecule has 3 heterocycles. The fourth-order valence-electron chi connectivity index (χ4n) is 4.28. The summed E-state index contributed by atoms with van der Waals surface area (Å²) in [6.45, 7) is 8.65. The number of morpholine rings is 2. The third-order valence-electron chi connectivity index (χ3n) is 5.70. The lowest BCUT2D eigenvalue weighted by Gasteiger charge is -2.48. The van der Waals surface area contributed by atoms with Crippen molar-refractivity contribution in [3.63, 3.8) is 0 Å². The first kappa shape index (κ1) is 25.6. The number of hydrogen-bond acceptors (Lipinski definition) is 6. The summed E-state index contributed by atoms with van der Waals surface area (Å²) in [5, 5.41) is 11.5. The summed E-state index contributed by atoms with van der Waals surface area (Å²) in [5.41, 5.74) is 0.464. The average Bonchev–Trinajstić information content (AvgIpc) is 2.67. The van der Waals surface area contributed by atoms with Crippen molar-refractivity contribution in [1.29, 1.82) is 0 Å². The lowest BCUT2D eigenvalue weighted by Crippen LogP contribution is -2.56. The molecule has 1 unspecified atom stereocenters. The Balaban J connectivity index is 0.00000150. The predicted molar refractivity (Wildman–Crippen MR) is 124 cm³/mol. The molecule has 0 saturated carbocycles. The first-order valence-electron chi connectivity index (χ1n) is 9.47. The van der Waals surface area contributed by atoms with Crippen LogP contribution >= 0.6 is 56.7 Å². The second-order valence-corrected chi connectivity index (χ2v) is 9.41. The van der Waals surface area contributed by atoms with Crippen molar-refractivity contribution >= 4 is 56.7 Å². The van der Waals surface area contributed by atoms with E-state index in [2.05, 4.69) is 41.7 Å². The Morgan fingerprint density at radius 2 is 1.45 bits per heavy atom. The van der Waals surface area contributed by atoms with Crippen LogP contribution < -0.4 is 4.74 Å². The Morgan fingerprint density at radius 1 is 0.931 bits per heavy atom. The summed E-state index contributed by atoms with van der Waals surface area (Å²) in [4.78, 5) is 4.79. The minimum absolute atomic E-state index is 0. The van der Waals surface area contributed by atoms with Gasteiger partial charge in [-0.3, -0.25) is 9.80 Å². The molecule has 4 rings (SSSR count). The summed E-state index contributed by atoms with van der Waals surface area (Å²) in [5.74, 6) is 0.755. The maximum absolute atomic E-state index is 11.5. The quantitative estimate of drug-likeness (QED) is 0.593. The molecule has 0 amide bonds. The van der Waals surface area contributed by atoms with Crippen LogP contribution in [0.1, 0.15) is 11.7 Å². The highest BCUT2D eigenvalue weighted by molar-refractivity contribution is 9.11. The van der Waals surface area contributed by atoms with E-state index in [1.165, 1.54) is 0 Å². The van der Waals surface area contributed by atoms with Crippen LogP contribution in [0, 0.1) is 5.41 Å². The zero-order valence-electron chi connectivity index (χ0n) is 16.1. The zero-order chi connectivity index (χ0) is 18.9. The Labute approximate surface area is 201 Å². The molecule has 2 saturated heterocycles. The number of nitrogens with zero attached hydrogens (tertiary/aromatic N) is 2. The van der Waals surface area contributed by atoms with E-state index in [0.29, 0.717) is 6.61 Å². The number of fused-ring (bicyclic) bond motifs is 1. The van der Waals surface area contributed by atoms with E-state index >= 15 is 0 Å². The molecular formula is C19H28Br2Cl2N2O4. The van der Waals surface area contributed by atoms with Gasteiger partial charge in [-0.1, -0.05) is 15.9 Å². The van der Waals surface area contributed by atoms with Crippen molar-refractivity contribution < 1.29 is 19.3 Å². The molecule has 10 heteroatoms. The van der Waals surface area contributed by atoms with Crippen molar-refractivity contribution in [3.8, 4) is 5.75 Å². The molecule has 3 aliphatic heterocycles. The third-order valence-corrected chi connectivity index (χ3v) is 6.75. The SMILES string of the molecule is Cl.Cl.OC1c2cc(Br)cc(Br)c2OCC1(CN1CCOCC1)CN1CCOCC1. The molecule has 1 aromatic carbocycles. The molecule has 0 radical (unpaired) electrons. The van der Waals surface area contributed by atoms with Crippen molar-refractivity contribution in [2.45, 2.75) is 6.10 Å². The monoisotopic (exact) mass is 576 g/mol. The van der Waals surface area contributed by atoms with Gasteiger partial charge in [0, 0.05) is 49.3 Å². The molecular weight excluding hydrogens is 551 g/mol. The maximum Gasteiger partial charge on any atom is 0.139 e. The van der Waals surface area contributed by atoms with Gasteiger partial charge in [-0.05, 0) is 28.1 Å². The van der Waals surface area contributed by atoms with E-state index in [1.54, 1.807) is 0 Å². The third kappa shape index (κ3) is 5.79. The molecule has 1 aromatic rings. The van der Waals surface area contributed by atoms with Crippen molar-refractivity contribution in [2.75, 3.05) is 72.3 Å². The molecule has 0 aliphatic carbocycles. The maximum atomic E-state index is 11.5. The van der Waals surface area contributed by atoms with Crippen LogP contribution in [-0.4, -0.2) is 87.2 Å². The van der Waals surface area contributed by atoms with Gasteiger partial charge in [0.25, 0.3) is 0 Å². The molecule has 0 aromatic heterocycles. The summed E-state index contributed by atoms with van der Waals surface area (Å²) < 4.78 is 19.1. The number of benzene rings is 1. The molecule has 0 bridgehead atoms. The first-order valence-corrected chi connectivity index (χ1v) is 11.1. The predicted octanol–water partition coefficient (Wildman–Crippen LogP) is 3.13. The van der Waals surface area contributed by atoms with E-state index in [9.17, 15) is 5.11 Å². The second-order valence-electron chi connectivity index (χ2n) is 7.64. The van der Waals surface area contributed by atoms with Gasteiger partial charge in [0.1, 0.15) is 5.75 Å². The van der Waals surface area contributed by atoms with Gasteiger partial charge in [0.05, 0.1) is 49.0 Å². The van der Waals surface area contributed by atoms with Gasteiger partial charge in [0.15, 0.2) is 0 Å². The van der Waals surface area contributed by atoms with E-state index in [-0.39, 0.29) is 30.2 Å². The van der Waals surface area contributed by atoms with Crippen LogP contribution in [0.25, 0.3) is 0 Å². The fourth-order valence-corrected chi connectivity index (χ4v) is 5.66. The molecule has 1 N–H and O–H groups in total. The zero-order valence-corrected chi connectivity index (χ0v) is 21.0. The number of hydrogen-bond donors (Lipinski definition) is 1. The summed E-state index contributed by atoms with van der Waals surface area (Å²) in [6.07, 6.45) is -0.597. The van der Waals surface area contributed by atoms with Crippen molar-refractivity contribution in [3.05, 3.63) is 26.6 Å². The minimum atomic E-state index is -0.597. The number of aliphatic hydroxyl groups excluding tert-OH is 1. The summed E-state index contributed by atoms with van der Waals surface area (Å²) in [6, 6.07) is 3.94. The molecule has 0 spiro atoms. The molecule has 166 valence electrons. The lowest BCUT2D eigenvalue weighted by atomic mass is 9.76.